The Kier molecular flexibility index (Phi) is 5.42. The largest absolute Gasteiger partial charge is 0.271 e. The number of rotatable bonds is 5. The lowest BCUT2D eigenvalue weighted by Gasteiger charge is -2.17. The molecule has 2 rings (SSSR count). The van der Waals surface area contributed by atoms with Gasteiger partial charge >= 0.3 is 0 Å². The third-order valence-electron chi connectivity index (χ3n) is 3.12. The van der Waals surface area contributed by atoms with Gasteiger partial charge in [-0.2, -0.15) is 0 Å². The molecule has 0 spiro atoms. The van der Waals surface area contributed by atoms with Gasteiger partial charge < -0.3 is 0 Å². The van der Waals surface area contributed by atoms with E-state index < -0.39 is 0 Å². The molecule has 1 unspecified atom stereocenters. The van der Waals surface area contributed by atoms with E-state index in [1.165, 1.54) is 10.4 Å². The molecule has 1 aromatic carbocycles. The van der Waals surface area contributed by atoms with E-state index in [-0.39, 0.29) is 6.04 Å². The van der Waals surface area contributed by atoms with Gasteiger partial charge in [-0.3, -0.25) is 11.3 Å². The first-order chi connectivity index (χ1) is 9.15. The minimum Gasteiger partial charge on any atom is -0.271 e. The van der Waals surface area contributed by atoms with Gasteiger partial charge in [0.05, 0.1) is 6.04 Å². The van der Waals surface area contributed by atoms with Gasteiger partial charge in [0.2, 0.25) is 0 Å². The van der Waals surface area contributed by atoms with Crippen molar-refractivity contribution in [2.75, 3.05) is 0 Å². The SMILES string of the molecule is CCc1ccsc1C(Cc1ccc(Br)cc1Cl)NN. The molecule has 19 heavy (non-hydrogen) atoms. The highest BCUT2D eigenvalue weighted by molar-refractivity contribution is 9.10. The zero-order valence-electron chi connectivity index (χ0n) is 10.6. The number of benzene rings is 1. The van der Waals surface area contributed by atoms with Gasteiger partial charge in [0.1, 0.15) is 0 Å². The van der Waals surface area contributed by atoms with Crippen LogP contribution < -0.4 is 11.3 Å². The van der Waals surface area contributed by atoms with Crippen molar-refractivity contribution in [1.29, 1.82) is 0 Å². The van der Waals surface area contributed by atoms with Crippen LogP contribution in [0.2, 0.25) is 5.02 Å². The second-order valence-electron chi connectivity index (χ2n) is 4.32. The molecule has 0 saturated heterocycles. The highest BCUT2D eigenvalue weighted by atomic mass is 79.9. The van der Waals surface area contributed by atoms with Crippen molar-refractivity contribution in [2.24, 2.45) is 5.84 Å². The Hall–Kier alpha value is -0.390. The fourth-order valence-corrected chi connectivity index (χ4v) is 3.89. The molecule has 0 amide bonds. The number of hydrazine groups is 1. The molecule has 0 saturated carbocycles. The van der Waals surface area contributed by atoms with E-state index in [0.29, 0.717) is 0 Å². The van der Waals surface area contributed by atoms with Crippen molar-refractivity contribution in [3.05, 3.63) is 55.1 Å². The summed E-state index contributed by atoms with van der Waals surface area (Å²) < 4.78 is 0.990. The van der Waals surface area contributed by atoms with Crippen LogP contribution in [0.25, 0.3) is 0 Å². The maximum absolute atomic E-state index is 6.27. The van der Waals surface area contributed by atoms with Crippen LogP contribution in [0.3, 0.4) is 0 Å². The monoisotopic (exact) mass is 358 g/mol. The van der Waals surface area contributed by atoms with E-state index in [4.69, 9.17) is 17.4 Å². The summed E-state index contributed by atoms with van der Waals surface area (Å²) in [5, 5.41) is 2.88. The quantitative estimate of drug-likeness (QED) is 0.610. The number of aryl methyl sites for hydroxylation is 1. The molecule has 0 fully saturated rings. The Balaban J connectivity index is 2.24. The zero-order chi connectivity index (χ0) is 13.8. The van der Waals surface area contributed by atoms with E-state index in [0.717, 1.165) is 27.9 Å². The second-order valence-corrected chi connectivity index (χ2v) is 6.59. The van der Waals surface area contributed by atoms with Crippen LogP contribution in [0, 0.1) is 0 Å². The lowest BCUT2D eigenvalue weighted by atomic mass is 10.0. The summed E-state index contributed by atoms with van der Waals surface area (Å²) in [7, 11) is 0. The highest BCUT2D eigenvalue weighted by Gasteiger charge is 2.16. The van der Waals surface area contributed by atoms with Crippen LogP contribution in [0.15, 0.2) is 34.1 Å². The normalized spacial score (nSPS) is 12.6. The molecule has 5 heteroatoms. The summed E-state index contributed by atoms with van der Waals surface area (Å²) in [5.74, 6) is 5.72. The summed E-state index contributed by atoms with van der Waals surface area (Å²) in [6.07, 6.45) is 1.81. The Morgan fingerprint density at radius 1 is 1.37 bits per heavy atom. The van der Waals surface area contributed by atoms with Crippen LogP contribution in [0.1, 0.15) is 29.0 Å². The molecular formula is C14H16BrClN2S. The predicted octanol–water partition coefficient (Wildman–Crippen LogP) is 4.47. The second kappa shape index (κ2) is 6.86. The van der Waals surface area contributed by atoms with Gasteiger partial charge in [0, 0.05) is 14.4 Å². The van der Waals surface area contributed by atoms with Crippen molar-refractivity contribution in [3.8, 4) is 0 Å². The smallest absolute Gasteiger partial charge is 0.0596 e. The lowest BCUT2D eigenvalue weighted by molar-refractivity contribution is 0.557. The Bertz CT molecular complexity index is 556. The first-order valence-corrected chi connectivity index (χ1v) is 8.17. The summed E-state index contributed by atoms with van der Waals surface area (Å²) >= 11 is 11.4. The van der Waals surface area contributed by atoms with Crippen molar-refractivity contribution < 1.29 is 0 Å². The molecule has 0 aliphatic rings. The molecule has 2 nitrogen and oxygen atoms in total. The first-order valence-electron chi connectivity index (χ1n) is 6.12. The maximum Gasteiger partial charge on any atom is 0.0596 e. The average molecular weight is 360 g/mol. The topological polar surface area (TPSA) is 38.0 Å². The molecule has 1 heterocycles. The molecule has 3 N–H and O–H groups in total. The lowest BCUT2D eigenvalue weighted by Crippen LogP contribution is -2.29. The molecule has 1 aromatic heterocycles. The molecule has 0 aliphatic carbocycles. The Labute approximate surface area is 131 Å². The summed E-state index contributed by atoms with van der Waals surface area (Å²) in [4.78, 5) is 1.30. The van der Waals surface area contributed by atoms with Gasteiger partial charge in [-0.1, -0.05) is 40.5 Å². The number of halogens is 2. The van der Waals surface area contributed by atoms with Crippen LogP contribution in [0.4, 0.5) is 0 Å². The molecule has 0 aliphatic heterocycles. The van der Waals surface area contributed by atoms with Crippen LogP contribution >= 0.6 is 38.9 Å². The number of hydrogen-bond acceptors (Lipinski definition) is 3. The van der Waals surface area contributed by atoms with E-state index in [1.54, 1.807) is 11.3 Å². The number of hydrogen-bond donors (Lipinski definition) is 2. The van der Waals surface area contributed by atoms with Crippen molar-refractivity contribution in [3.63, 3.8) is 0 Å². The standard InChI is InChI=1S/C14H16BrClN2S/c1-2-9-5-6-19-14(9)13(18-17)7-10-3-4-11(15)8-12(10)16/h3-6,8,13,18H,2,7,17H2,1H3. The zero-order valence-corrected chi connectivity index (χ0v) is 13.8. The van der Waals surface area contributed by atoms with E-state index in [9.17, 15) is 0 Å². The summed E-state index contributed by atoms with van der Waals surface area (Å²) in [6, 6.07) is 8.22. The van der Waals surface area contributed by atoms with E-state index in [2.05, 4.69) is 39.7 Å². The summed E-state index contributed by atoms with van der Waals surface area (Å²) in [5.41, 5.74) is 5.36. The van der Waals surface area contributed by atoms with Crippen molar-refractivity contribution in [1.82, 2.24) is 5.43 Å². The molecule has 0 bridgehead atoms. The molecule has 102 valence electrons. The fraction of sp³-hybridized carbons (Fsp3) is 0.286. The molecule has 0 radical (unpaired) electrons. The van der Waals surface area contributed by atoms with Gasteiger partial charge in [-0.05, 0) is 47.5 Å². The predicted molar refractivity (Wildman–Crippen MR) is 86.6 cm³/mol. The average Bonchev–Trinajstić information content (AvgIpc) is 2.86. The first kappa shape index (κ1) is 15.0. The molecule has 2 aromatic rings. The van der Waals surface area contributed by atoms with Crippen molar-refractivity contribution in [2.45, 2.75) is 25.8 Å². The minimum absolute atomic E-state index is 0.105. The van der Waals surface area contributed by atoms with E-state index in [1.807, 2.05) is 18.2 Å². The third kappa shape index (κ3) is 3.58. The fourth-order valence-electron chi connectivity index (χ4n) is 2.08. The van der Waals surface area contributed by atoms with E-state index >= 15 is 0 Å². The minimum atomic E-state index is 0.105. The summed E-state index contributed by atoms with van der Waals surface area (Å²) in [6.45, 7) is 2.16. The van der Waals surface area contributed by atoms with Gasteiger partial charge in [0.25, 0.3) is 0 Å². The van der Waals surface area contributed by atoms with Crippen LogP contribution in [-0.4, -0.2) is 0 Å². The Morgan fingerprint density at radius 2 is 2.16 bits per heavy atom. The van der Waals surface area contributed by atoms with Crippen LogP contribution in [0.5, 0.6) is 0 Å². The number of thiophene rings is 1. The van der Waals surface area contributed by atoms with Crippen LogP contribution in [-0.2, 0) is 12.8 Å². The Morgan fingerprint density at radius 3 is 2.79 bits per heavy atom. The molecule has 1 atom stereocenters. The molecular weight excluding hydrogens is 344 g/mol. The number of nitrogens with two attached hydrogens (primary N) is 1. The van der Waals surface area contributed by atoms with Gasteiger partial charge in [-0.15, -0.1) is 11.3 Å². The van der Waals surface area contributed by atoms with Gasteiger partial charge in [0.15, 0.2) is 0 Å². The number of nitrogens with one attached hydrogen (secondary N) is 1. The highest BCUT2D eigenvalue weighted by Crippen LogP contribution is 2.30. The third-order valence-corrected chi connectivity index (χ3v) is 5.04. The maximum atomic E-state index is 6.27. The van der Waals surface area contributed by atoms with Crippen molar-refractivity contribution >= 4 is 38.9 Å². The van der Waals surface area contributed by atoms with Gasteiger partial charge in [-0.25, -0.2) is 0 Å².